The largest absolute Gasteiger partial charge is 0.416 e. The quantitative estimate of drug-likeness (QED) is 0.787. The predicted molar refractivity (Wildman–Crippen MR) is 104 cm³/mol. The normalized spacial score (nSPS) is 14.7. The van der Waals surface area contributed by atoms with Gasteiger partial charge in [0.1, 0.15) is 0 Å². The van der Waals surface area contributed by atoms with Crippen molar-refractivity contribution in [1.29, 1.82) is 0 Å². The maximum Gasteiger partial charge on any atom is 0.416 e. The number of piperazine rings is 1. The number of carbonyl (C=O) groups is 2. The van der Waals surface area contributed by atoms with E-state index in [1.165, 1.54) is 12.1 Å². The van der Waals surface area contributed by atoms with Gasteiger partial charge in [0.05, 0.1) is 5.56 Å². The molecule has 0 radical (unpaired) electrons. The maximum absolute atomic E-state index is 12.7. The molecule has 0 spiro atoms. The molecule has 0 bridgehead atoms. The molecule has 2 amide bonds. The first-order chi connectivity index (χ1) is 13.7. The van der Waals surface area contributed by atoms with E-state index < -0.39 is 11.7 Å². The second-order valence-corrected chi connectivity index (χ2v) is 7.10. The monoisotopic (exact) mass is 405 g/mol. The highest BCUT2D eigenvalue weighted by molar-refractivity contribution is 5.96. The first-order valence-corrected chi connectivity index (χ1v) is 9.20. The number of nitrogens with zero attached hydrogens (tertiary/aromatic N) is 3. The van der Waals surface area contributed by atoms with Gasteiger partial charge in [-0.05, 0) is 42.5 Å². The lowest BCUT2D eigenvalue weighted by molar-refractivity contribution is -0.137. The molecule has 1 saturated heterocycles. The lowest BCUT2D eigenvalue weighted by Crippen LogP contribution is -2.50. The summed E-state index contributed by atoms with van der Waals surface area (Å²) in [5, 5.41) is 0. The smallest absolute Gasteiger partial charge is 0.378 e. The lowest BCUT2D eigenvalue weighted by Gasteiger charge is -2.35. The number of amides is 2. The van der Waals surface area contributed by atoms with Crippen LogP contribution in [0, 0.1) is 0 Å². The molecule has 0 atom stereocenters. The summed E-state index contributed by atoms with van der Waals surface area (Å²) in [4.78, 5) is 30.5. The molecule has 29 heavy (non-hydrogen) atoms. The molecule has 1 aliphatic heterocycles. The van der Waals surface area contributed by atoms with Gasteiger partial charge in [-0.2, -0.15) is 13.2 Å². The van der Waals surface area contributed by atoms with Crippen molar-refractivity contribution in [2.45, 2.75) is 6.18 Å². The minimum atomic E-state index is -4.43. The fourth-order valence-corrected chi connectivity index (χ4v) is 3.20. The SMILES string of the molecule is CN(C)c1cccc(C(=O)N2CCN(C(=O)c3ccc(C(F)(F)F)cc3)CC2)c1. The predicted octanol–water partition coefficient (Wildman–Crippen LogP) is 3.37. The van der Waals surface area contributed by atoms with Crippen LogP contribution in [-0.4, -0.2) is 61.9 Å². The van der Waals surface area contributed by atoms with Crippen molar-refractivity contribution in [2.75, 3.05) is 45.2 Å². The van der Waals surface area contributed by atoms with Crippen LogP contribution in [0.15, 0.2) is 48.5 Å². The Balaban J connectivity index is 1.62. The van der Waals surface area contributed by atoms with Gasteiger partial charge < -0.3 is 14.7 Å². The summed E-state index contributed by atoms with van der Waals surface area (Å²) in [5.74, 6) is -0.434. The number of hydrogen-bond acceptors (Lipinski definition) is 3. The number of alkyl halides is 3. The van der Waals surface area contributed by atoms with Gasteiger partial charge in [0.15, 0.2) is 0 Å². The Morgan fingerprint density at radius 3 is 1.83 bits per heavy atom. The molecule has 0 N–H and O–H groups in total. The van der Waals surface area contributed by atoms with Crippen LogP contribution >= 0.6 is 0 Å². The Hall–Kier alpha value is -3.03. The van der Waals surface area contributed by atoms with Gasteiger partial charge in [-0.3, -0.25) is 9.59 Å². The maximum atomic E-state index is 12.7. The third-order valence-corrected chi connectivity index (χ3v) is 4.92. The third kappa shape index (κ3) is 4.70. The molecule has 2 aromatic rings. The molecule has 1 heterocycles. The first kappa shape index (κ1) is 20.7. The molecular formula is C21H22F3N3O2. The Morgan fingerprint density at radius 1 is 0.828 bits per heavy atom. The molecule has 1 fully saturated rings. The third-order valence-electron chi connectivity index (χ3n) is 4.92. The summed E-state index contributed by atoms with van der Waals surface area (Å²) in [6.07, 6.45) is -4.43. The highest BCUT2D eigenvalue weighted by atomic mass is 19.4. The van der Waals surface area contributed by atoms with Crippen LogP contribution in [0.1, 0.15) is 26.3 Å². The fraction of sp³-hybridized carbons (Fsp3) is 0.333. The number of rotatable bonds is 3. The molecule has 3 rings (SSSR count). The van der Waals surface area contributed by atoms with E-state index in [2.05, 4.69) is 0 Å². The Bertz CT molecular complexity index is 887. The summed E-state index contributed by atoms with van der Waals surface area (Å²) >= 11 is 0. The molecule has 0 unspecified atom stereocenters. The highest BCUT2D eigenvalue weighted by Gasteiger charge is 2.31. The number of benzene rings is 2. The molecule has 2 aromatic carbocycles. The van der Waals surface area contributed by atoms with Crippen LogP contribution in [0.3, 0.4) is 0 Å². The van der Waals surface area contributed by atoms with Crippen LogP contribution in [0.5, 0.6) is 0 Å². The zero-order valence-electron chi connectivity index (χ0n) is 16.2. The Kier molecular flexibility index (Phi) is 5.81. The van der Waals surface area contributed by atoms with Crippen LogP contribution in [0.2, 0.25) is 0 Å². The topological polar surface area (TPSA) is 43.9 Å². The lowest BCUT2D eigenvalue weighted by atomic mass is 10.1. The average Bonchev–Trinajstić information content (AvgIpc) is 2.72. The summed E-state index contributed by atoms with van der Waals surface area (Å²) < 4.78 is 38.0. The van der Waals surface area contributed by atoms with Gasteiger partial charge in [0.2, 0.25) is 0 Å². The van der Waals surface area contributed by atoms with Crippen molar-refractivity contribution in [3.63, 3.8) is 0 Å². The first-order valence-electron chi connectivity index (χ1n) is 9.20. The average molecular weight is 405 g/mol. The van der Waals surface area contributed by atoms with Gasteiger partial charge in [-0.25, -0.2) is 0 Å². The fourth-order valence-electron chi connectivity index (χ4n) is 3.20. The van der Waals surface area contributed by atoms with Gasteiger partial charge in [-0.15, -0.1) is 0 Å². The van der Waals surface area contributed by atoms with E-state index >= 15 is 0 Å². The molecule has 0 saturated carbocycles. The van der Waals surface area contributed by atoms with E-state index in [1.807, 2.05) is 37.2 Å². The molecule has 8 heteroatoms. The van der Waals surface area contributed by atoms with E-state index in [0.717, 1.165) is 17.8 Å². The molecule has 0 aromatic heterocycles. The summed E-state index contributed by atoms with van der Waals surface area (Å²) in [6.45, 7) is 1.41. The summed E-state index contributed by atoms with van der Waals surface area (Å²) in [5.41, 5.74) is 0.923. The summed E-state index contributed by atoms with van der Waals surface area (Å²) in [6, 6.07) is 11.5. The van der Waals surface area contributed by atoms with Crippen molar-refractivity contribution in [3.05, 3.63) is 65.2 Å². The van der Waals surface area contributed by atoms with E-state index in [1.54, 1.807) is 15.9 Å². The zero-order valence-corrected chi connectivity index (χ0v) is 16.2. The van der Waals surface area contributed by atoms with Crippen molar-refractivity contribution in [2.24, 2.45) is 0 Å². The van der Waals surface area contributed by atoms with Crippen molar-refractivity contribution < 1.29 is 22.8 Å². The van der Waals surface area contributed by atoms with Crippen molar-refractivity contribution in [3.8, 4) is 0 Å². The highest BCUT2D eigenvalue weighted by Crippen LogP contribution is 2.29. The van der Waals surface area contributed by atoms with E-state index in [0.29, 0.717) is 31.7 Å². The Morgan fingerprint density at radius 2 is 1.34 bits per heavy atom. The van der Waals surface area contributed by atoms with Crippen LogP contribution in [0.4, 0.5) is 18.9 Å². The molecule has 154 valence electrons. The molecule has 5 nitrogen and oxygen atoms in total. The number of anilines is 1. The zero-order chi connectivity index (χ0) is 21.2. The van der Waals surface area contributed by atoms with Crippen LogP contribution < -0.4 is 4.90 Å². The van der Waals surface area contributed by atoms with Crippen molar-refractivity contribution >= 4 is 17.5 Å². The minimum Gasteiger partial charge on any atom is -0.378 e. The second-order valence-electron chi connectivity index (χ2n) is 7.10. The molecule has 1 aliphatic rings. The van der Waals surface area contributed by atoms with Gasteiger partial charge in [0, 0.05) is 57.1 Å². The van der Waals surface area contributed by atoms with Crippen LogP contribution in [-0.2, 0) is 6.18 Å². The van der Waals surface area contributed by atoms with E-state index in [9.17, 15) is 22.8 Å². The Labute approximate surface area is 167 Å². The standard InChI is InChI=1S/C21H22F3N3O2/c1-25(2)18-5-3-4-16(14-18)20(29)27-12-10-26(11-13-27)19(28)15-6-8-17(9-7-15)21(22,23)24/h3-9,14H,10-13H2,1-2H3. The van der Waals surface area contributed by atoms with Gasteiger partial charge >= 0.3 is 6.18 Å². The minimum absolute atomic E-state index is 0.102. The number of halogens is 3. The van der Waals surface area contributed by atoms with E-state index in [4.69, 9.17) is 0 Å². The van der Waals surface area contributed by atoms with E-state index in [-0.39, 0.29) is 17.4 Å². The van der Waals surface area contributed by atoms with Gasteiger partial charge in [0.25, 0.3) is 11.8 Å². The van der Waals surface area contributed by atoms with Crippen LogP contribution in [0.25, 0.3) is 0 Å². The van der Waals surface area contributed by atoms with Gasteiger partial charge in [-0.1, -0.05) is 6.07 Å². The molecular weight excluding hydrogens is 383 g/mol. The molecule has 0 aliphatic carbocycles. The summed E-state index contributed by atoms with van der Waals surface area (Å²) in [7, 11) is 3.80. The number of hydrogen-bond donors (Lipinski definition) is 0. The van der Waals surface area contributed by atoms with Crippen molar-refractivity contribution in [1.82, 2.24) is 9.80 Å². The number of carbonyl (C=O) groups excluding carboxylic acids is 2. The second kappa shape index (κ2) is 8.14.